The second kappa shape index (κ2) is 5.77. The molecule has 20 heavy (non-hydrogen) atoms. The van der Waals surface area contributed by atoms with Gasteiger partial charge in [0.2, 0.25) is 0 Å². The largest absolute Gasteiger partial charge is 0.368 e. The first-order chi connectivity index (χ1) is 9.65. The Morgan fingerprint density at radius 2 is 1.95 bits per heavy atom. The number of rotatable bonds is 2. The topological polar surface area (TPSA) is 29.3 Å². The van der Waals surface area contributed by atoms with Gasteiger partial charge in [-0.15, -0.1) is 0 Å². The lowest BCUT2D eigenvalue weighted by atomic mass is 9.78. The summed E-state index contributed by atoms with van der Waals surface area (Å²) in [7, 11) is 0. The van der Waals surface area contributed by atoms with Gasteiger partial charge in [-0.2, -0.15) is 0 Å². The van der Waals surface area contributed by atoms with E-state index in [2.05, 4.69) is 43.0 Å². The zero-order valence-electron chi connectivity index (χ0n) is 12.9. The molecule has 1 heterocycles. The number of fused-ring (bicyclic) bond motifs is 1. The van der Waals surface area contributed by atoms with Crippen LogP contribution >= 0.6 is 0 Å². The Kier molecular flexibility index (Phi) is 4.02. The van der Waals surface area contributed by atoms with Crippen molar-refractivity contribution in [2.75, 3.05) is 11.4 Å². The van der Waals surface area contributed by atoms with Crippen molar-refractivity contribution in [2.24, 2.45) is 17.6 Å². The monoisotopic (exact) mass is 272 g/mol. The summed E-state index contributed by atoms with van der Waals surface area (Å²) in [5.74, 6) is 1.50. The van der Waals surface area contributed by atoms with Crippen molar-refractivity contribution in [1.82, 2.24) is 0 Å². The standard InChI is InChI=1S/C18H28N2/c1-13-7-10-17(19)16(11-13)12-20-14(2)8-9-15-5-3-4-6-18(15)20/h3-6,13-14,16-17H,7-12,19H2,1-2H3. The lowest BCUT2D eigenvalue weighted by Crippen LogP contribution is -2.47. The molecular formula is C18H28N2. The highest BCUT2D eigenvalue weighted by atomic mass is 15.2. The second-order valence-corrected chi connectivity index (χ2v) is 7.01. The van der Waals surface area contributed by atoms with Crippen LogP contribution in [0.3, 0.4) is 0 Å². The van der Waals surface area contributed by atoms with Gasteiger partial charge in [0.05, 0.1) is 0 Å². The van der Waals surface area contributed by atoms with Gasteiger partial charge in [-0.25, -0.2) is 0 Å². The van der Waals surface area contributed by atoms with Gasteiger partial charge in [0.15, 0.2) is 0 Å². The molecule has 1 aliphatic carbocycles. The molecule has 1 aliphatic heterocycles. The normalized spacial score (nSPS) is 33.9. The molecule has 0 bridgehead atoms. The second-order valence-electron chi connectivity index (χ2n) is 7.01. The van der Waals surface area contributed by atoms with E-state index in [-0.39, 0.29) is 0 Å². The van der Waals surface area contributed by atoms with Gasteiger partial charge >= 0.3 is 0 Å². The lowest BCUT2D eigenvalue weighted by molar-refractivity contribution is 0.243. The molecule has 2 N–H and O–H groups in total. The molecule has 1 aromatic carbocycles. The summed E-state index contributed by atoms with van der Waals surface area (Å²) in [6, 6.07) is 9.97. The van der Waals surface area contributed by atoms with E-state index in [1.165, 1.54) is 43.4 Å². The van der Waals surface area contributed by atoms with E-state index in [9.17, 15) is 0 Å². The van der Waals surface area contributed by atoms with Crippen LogP contribution in [0.4, 0.5) is 5.69 Å². The summed E-state index contributed by atoms with van der Waals surface area (Å²) < 4.78 is 0. The minimum absolute atomic E-state index is 0.396. The molecule has 1 fully saturated rings. The van der Waals surface area contributed by atoms with Crippen molar-refractivity contribution in [3.63, 3.8) is 0 Å². The summed E-state index contributed by atoms with van der Waals surface area (Å²) in [5, 5.41) is 0. The molecular weight excluding hydrogens is 244 g/mol. The molecule has 0 radical (unpaired) electrons. The van der Waals surface area contributed by atoms with Gasteiger partial charge in [-0.1, -0.05) is 25.1 Å². The van der Waals surface area contributed by atoms with Crippen LogP contribution in [0.5, 0.6) is 0 Å². The molecule has 0 spiro atoms. The highest BCUT2D eigenvalue weighted by Crippen LogP contribution is 2.34. The zero-order valence-corrected chi connectivity index (χ0v) is 12.9. The van der Waals surface area contributed by atoms with Gasteiger partial charge in [-0.05, 0) is 62.5 Å². The average molecular weight is 272 g/mol. The Morgan fingerprint density at radius 3 is 2.80 bits per heavy atom. The highest BCUT2D eigenvalue weighted by molar-refractivity contribution is 5.56. The smallest absolute Gasteiger partial charge is 0.0401 e. The highest BCUT2D eigenvalue weighted by Gasteiger charge is 2.31. The van der Waals surface area contributed by atoms with Gasteiger partial charge in [0, 0.05) is 24.3 Å². The van der Waals surface area contributed by atoms with E-state index in [0.29, 0.717) is 18.0 Å². The lowest BCUT2D eigenvalue weighted by Gasteiger charge is -2.42. The first kappa shape index (κ1) is 13.9. The van der Waals surface area contributed by atoms with Crippen LogP contribution in [0, 0.1) is 11.8 Å². The van der Waals surface area contributed by atoms with Crippen LogP contribution in [0.2, 0.25) is 0 Å². The van der Waals surface area contributed by atoms with E-state index in [4.69, 9.17) is 5.73 Å². The number of nitrogens with zero attached hydrogens (tertiary/aromatic N) is 1. The first-order valence-corrected chi connectivity index (χ1v) is 8.25. The average Bonchev–Trinajstić information content (AvgIpc) is 2.46. The molecule has 2 heteroatoms. The SMILES string of the molecule is CC1CCC(N)C(CN2c3ccccc3CCC2C)C1. The van der Waals surface area contributed by atoms with E-state index in [1.54, 1.807) is 0 Å². The number of para-hydroxylation sites is 1. The third-order valence-electron chi connectivity index (χ3n) is 5.40. The van der Waals surface area contributed by atoms with Crippen molar-refractivity contribution in [3.05, 3.63) is 29.8 Å². The Morgan fingerprint density at radius 1 is 1.15 bits per heavy atom. The Bertz CT molecular complexity index is 456. The molecule has 0 amide bonds. The number of nitrogens with two attached hydrogens (primary N) is 1. The molecule has 2 nitrogen and oxygen atoms in total. The predicted molar refractivity (Wildman–Crippen MR) is 86.1 cm³/mol. The Hall–Kier alpha value is -1.02. The molecule has 2 aliphatic rings. The van der Waals surface area contributed by atoms with Crippen molar-refractivity contribution in [2.45, 2.75) is 58.0 Å². The van der Waals surface area contributed by atoms with Gasteiger partial charge in [-0.3, -0.25) is 0 Å². The zero-order chi connectivity index (χ0) is 14.1. The van der Waals surface area contributed by atoms with Crippen LogP contribution in [-0.2, 0) is 6.42 Å². The number of aryl methyl sites for hydroxylation is 1. The minimum atomic E-state index is 0.396. The maximum absolute atomic E-state index is 6.40. The quantitative estimate of drug-likeness (QED) is 0.891. The molecule has 1 saturated carbocycles. The fourth-order valence-electron chi connectivity index (χ4n) is 4.02. The van der Waals surface area contributed by atoms with Crippen molar-refractivity contribution in [3.8, 4) is 0 Å². The fraction of sp³-hybridized carbons (Fsp3) is 0.667. The Balaban J connectivity index is 1.79. The van der Waals surface area contributed by atoms with Gasteiger partial charge in [0.25, 0.3) is 0 Å². The van der Waals surface area contributed by atoms with Crippen LogP contribution in [0.25, 0.3) is 0 Å². The molecule has 110 valence electrons. The number of benzene rings is 1. The maximum atomic E-state index is 6.40. The molecule has 0 aromatic heterocycles. The van der Waals surface area contributed by atoms with Gasteiger partial charge < -0.3 is 10.6 Å². The third-order valence-corrected chi connectivity index (χ3v) is 5.40. The summed E-state index contributed by atoms with van der Waals surface area (Å²) in [5.41, 5.74) is 9.37. The third kappa shape index (κ3) is 2.71. The minimum Gasteiger partial charge on any atom is -0.368 e. The van der Waals surface area contributed by atoms with Gasteiger partial charge in [0.1, 0.15) is 0 Å². The number of hydrogen-bond donors (Lipinski definition) is 1. The molecule has 1 aromatic rings. The van der Waals surface area contributed by atoms with Crippen LogP contribution in [-0.4, -0.2) is 18.6 Å². The molecule has 4 atom stereocenters. The summed E-state index contributed by atoms with van der Waals surface area (Å²) in [4.78, 5) is 2.63. The molecule has 3 rings (SSSR count). The molecule has 0 saturated heterocycles. The van der Waals surface area contributed by atoms with Crippen molar-refractivity contribution in [1.29, 1.82) is 0 Å². The van der Waals surface area contributed by atoms with Crippen molar-refractivity contribution >= 4 is 5.69 Å². The summed E-state index contributed by atoms with van der Waals surface area (Å²) >= 11 is 0. The maximum Gasteiger partial charge on any atom is 0.0401 e. The Labute approximate surface area is 123 Å². The van der Waals surface area contributed by atoms with Crippen LogP contribution < -0.4 is 10.6 Å². The first-order valence-electron chi connectivity index (χ1n) is 8.25. The molecule has 4 unspecified atom stereocenters. The fourth-order valence-corrected chi connectivity index (χ4v) is 4.02. The van der Waals surface area contributed by atoms with Crippen LogP contribution in [0.15, 0.2) is 24.3 Å². The van der Waals surface area contributed by atoms with E-state index in [1.807, 2.05) is 0 Å². The number of anilines is 1. The summed E-state index contributed by atoms with van der Waals surface area (Å²) in [6.45, 7) is 5.89. The van der Waals surface area contributed by atoms with E-state index in [0.717, 1.165) is 12.5 Å². The number of hydrogen-bond acceptors (Lipinski definition) is 2. The van der Waals surface area contributed by atoms with E-state index >= 15 is 0 Å². The van der Waals surface area contributed by atoms with Crippen LogP contribution in [0.1, 0.15) is 45.1 Å². The van der Waals surface area contributed by atoms with Crippen molar-refractivity contribution < 1.29 is 0 Å². The predicted octanol–water partition coefficient (Wildman–Crippen LogP) is 3.59. The summed E-state index contributed by atoms with van der Waals surface area (Å²) in [6.07, 6.45) is 6.31. The van der Waals surface area contributed by atoms with E-state index < -0.39 is 0 Å².